The molecular weight excluding hydrogens is 260 g/mol. The highest BCUT2D eigenvalue weighted by Gasteiger charge is 2.20. The maximum Gasteiger partial charge on any atom is 0.383 e. The number of rotatable bonds is 4. The van der Waals surface area contributed by atoms with E-state index in [1.165, 1.54) is 12.1 Å². The van der Waals surface area contributed by atoms with Crippen molar-refractivity contribution in [2.24, 2.45) is 0 Å². The first-order valence-electron chi connectivity index (χ1n) is 6.51. The fraction of sp³-hybridized carbons (Fsp3) is 0.400. The van der Waals surface area contributed by atoms with E-state index in [2.05, 4.69) is 0 Å². The summed E-state index contributed by atoms with van der Waals surface area (Å²) >= 11 is 0. The van der Waals surface area contributed by atoms with Crippen LogP contribution in [0.4, 0.5) is 0 Å². The first kappa shape index (κ1) is 14.2. The Morgan fingerprint density at radius 3 is 2.25 bits per heavy atom. The normalized spacial score (nSPS) is 11.3. The lowest BCUT2D eigenvalue weighted by atomic mass is 10.2. The molecule has 108 valence electrons. The zero-order valence-electron chi connectivity index (χ0n) is 12.0. The monoisotopic (exact) mass is 278 g/mol. The molecule has 1 N–H and O–H groups in total. The van der Waals surface area contributed by atoms with Gasteiger partial charge in [0.1, 0.15) is 11.3 Å². The maximum absolute atomic E-state index is 12.0. The summed E-state index contributed by atoms with van der Waals surface area (Å²) in [5.74, 6) is 0.431. The molecule has 5 nitrogen and oxygen atoms in total. The van der Waals surface area contributed by atoms with E-state index < -0.39 is 5.63 Å². The minimum absolute atomic E-state index is 0.0219. The highest BCUT2D eigenvalue weighted by Crippen LogP contribution is 2.35. The molecule has 2 aromatic rings. The van der Waals surface area contributed by atoms with E-state index in [1.54, 1.807) is 6.07 Å². The van der Waals surface area contributed by atoms with Crippen LogP contribution in [-0.2, 0) is 0 Å². The van der Waals surface area contributed by atoms with Gasteiger partial charge in [0.25, 0.3) is 0 Å². The van der Waals surface area contributed by atoms with E-state index in [-0.39, 0.29) is 29.3 Å². The van der Waals surface area contributed by atoms with Gasteiger partial charge in [-0.15, -0.1) is 0 Å². The van der Waals surface area contributed by atoms with Gasteiger partial charge in [-0.2, -0.15) is 0 Å². The van der Waals surface area contributed by atoms with E-state index in [0.29, 0.717) is 11.1 Å². The third-order valence-corrected chi connectivity index (χ3v) is 2.51. The third kappa shape index (κ3) is 2.87. The van der Waals surface area contributed by atoms with Crippen molar-refractivity contribution in [1.29, 1.82) is 0 Å². The summed E-state index contributed by atoms with van der Waals surface area (Å²) in [6, 6.07) is 4.52. The number of ether oxygens (including phenoxy) is 2. The fourth-order valence-electron chi connectivity index (χ4n) is 1.83. The predicted octanol–water partition coefficient (Wildman–Crippen LogP) is 3.07. The lowest BCUT2D eigenvalue weighted by Crippen LogP contribution is -2.17. The molecule has 1 heterocycles. The van der Waals surface area contributed by atoms with Crippen LogP contribution in [0.5, 0.6) is 17.2 Å². The SMILES string of the molecule is CC(C)Oc1c(OC(C)C)c2ccc(O)cc2oc1=O. The van der Waals surface area contributed by atoms with Gasteiger partial charge in [0.15, 0.2) is 5.75 Å². The quantitative estimate of drug-likeness (QED) is 0.870. The van der Waals surface area contributed by atoms with Crippen LogP contribution in [0.25, 0.3) is 11.0 Å². The van der Waals surface area contributed by atoms with Crippen LogP contribution in [0.2, 0.25) is 0 Å². The second kappa shape index (κ2) is 5.45. The molecule has 1 aromatic carbocycles. The van der Waals surface area contributed by atoms with Crippen LogP contribution in [0.15, 0.2) is 27.4 Å². The van der Waals surface area contributed by atoms with Crippen LogP contribution in [0.3, 0.4) is 0 Å². The summed E-state index contributed by atoms with van der Waals surface area (Å²) in [7, 11) is 0. The zero-order valence-corrected chi connectivity index (χ0v) is 12.0. The summed E-state index contributed by atoms with van der Waals surface area (Å²) in [5.41, 5.74) is -0.353. The Morgan fingerprint density at radius 2 is 1.65 bits per heavy atom. The van der Waals surface area contributed by atoms with Gasteiger partial charge in [-0.25, -0.2) is 4.79 Å². The molecule has 0 aliphatic heterocycles. The van der Waals surface area contributed by atoms with Crippen molar-refractivity contribution < 1.29 is 19.0 Å². The molecule has 2 rings (SSSR count). The molecule has 0 aliphatic carbocycles. The van der Waals surface area contributed by atoms with E-state index >= 15 is 0 Å². The van der Waals surface area contributed by atoms with Crippen molar-refractivity contribution >= 4 is 11.0 Å². The van der Waals surface area contributed by atoms with Gasteiger partial charge < -0.3 is 19.0 Å². The Balaban J connectivity index is 2.73. The van der Waals surface area contributed by atoms with E-state index in [9.17, 15) is 9.90 Å². The number of aromatic hydroxyl groups is 1. The molecule has 0 aliphatic rings. The highest BCUT2D eigenvalue weighted by atomic mass is 16.5. The van der Waals surface area contributed by atoms with Gasteiger partial charge in [0, 0.05) is 6.07 Å². The molecule has 20 heavy (non-hydrogen) atoms. The number of benzene rings is 1. The number of hydrogen-bond donors (Lipinski definition) is 1. The first-order chi connectivity index (χ1) is 9.38. The number of hydrogen-bond acceptors (Lipinski definition) is 5. The molecule has 0 unspecified atom stereocenters. The summed E-state index contributed by atoms with van der Waals surface area (Å²) in [4.78, 5) is 12.0. The first-order valence-corrected chi connectivity index (χ1v) is 6.51. The fourth-order valence-corrected chi connectivity index (χ4v) is 1.83. The van der Waals surface area contributed by atoms with Gasteiger partial charge in [-0.1, -0.05) is 0 Å². The standard InChI is InChI=1S/C15H18O5/c1-8(2)18-13-11-6-5-10(16)7-12(11)20-15(17)14(13)19-9(3)4/h5-9,16H,1-4H3. The smallest absolute Gasteiger partial charge is 0.383 e. The summed E-state index contributed by atoms with van der Waals surface area (Å²) in [6.45, 7) is 7.36. The Kier molecular flexibility index (Phi) is 3.88. The van der Waals surface area contributed by atoms with Crippen LogP contribution in [0.1, 0.15) is 27.7 Å². The highest BCUT2D eigenvalue weighted by molar-refractivity contribution is 5.86. The van der Waals surface area contributed by atoms with Gasteiger partial charge in [-0.05, 0) is 39.8 Å². The van der Waals surface area contributed by atoms with Crippen molar-refractivity contribution in [3.63, 3.8) is 0 Å². The van der Waals surface area contributed by atoms with Crippen molar-refractivity contribution in [3.8, 4) is 17.2 Å². The summed E-state index contributed by atoms with van der Waals surface area (Å²) in [6.07, 6.45) is -0.301. The van der Waals surface area contributed by atoms with E-state index in [0.717, 1.165) is 0 Å². The predicted molar refractivity (Wildman–Crippen MR) is 75.7 cm³/mol. The minimum Gasteiger partial charge on any atom is -0.508 e. The van der Waals surface area contributed by atoms with Gasteiger partial charge in [0.2, 0.25) is 5.75 Å². The Labute approximate surface area is 116 Å². The average Bonchev–Trinajstić information content (AvgIpc) is 2.32. The lowest BCUT2D eigenvalue weighted by Gasteiger charge is -2.17. The molecule has 0 fully saturated rings. The van der Waals surface area contributed by atoms with Crippen molar-refractivity contribution in [1.82, 2.24) is 0 Å². The Morgan fingerprint density at radius 1 is 1.05 bits per heavy atom. The molecular formula is C15H18O5. The van der Waals surface area contributed by atoms with Crippen molar-refractivity contribution in [2.75, 3.05) is 0 Å². The zero-order chi connectivity index (χ0) is 14.9. The van der Waals surface area contributed by atoms with E-state index in [1.807, 2.05) is 27.7 Å². The second-order valence-corrected chi connectivity index (χ2v) is 5.06. The molecule has 0 saturated heterocycles. The topological polar surface area (TPSA) is 68.9 Å². The van der Waals surface area contributed by atoms with Crippen LogP contribution in [0, 0.1) is 0 Å². The van der Waals surface area contributed by atoms with Gasteiger partial charge >= 0.3 is 5.63 Å². The molecule has 0 radical (unpaired) electrons. The van der Waals surface area contributed by atoms with E-state index in [4.69, 9.17) is 13.9 Å². The van der Waals surface area contributed by atoms with Gasteiger partial charge in [0.05, 0.1) is 17.6 Å². The molecule has 0 saturated carbocycles. The molecule has 0 atom stereocenters. The third-order valence-electron chi connectivity index (χ3n) is 2.51. The summed E-state index contributed by atoms with van der Waals surface area (Å²) in [5, 5.41) is 10.1. The minimum atomic E-state index is -0.618. The molecule has 0 bridgehead atoms. The maximum atomic E-state index is 12.0. The van der Waals surface area contributed by atoms with Crippen molar-refractivity contribution in [3.05, 3.63) is 28.6 Å². The molecule has 0 spiro atoms. The summed E-state index contributed by atoms with van der Waals surface area (Å²) < 4.78 is 16.4. The largest absolute Gasteiger partial charge is 0.508 e. The van der Waals surface area contributed by atoms with Crippen LogP contribution < -0.4 is 15.1 Å². The Hall–Kier alpha value is -2.17. The van der Waals surface area contributed by atoms with Crippen molar-refractivity contribution in [2.45, 2.75) is 39.9 Å². The average molecular weight is 278 g/mol. The second-order valence-electron chi connectivity index (χ2n) is 5.06. The van der Waals surface area contributed by atoms with Crippen LogP contribution >= 0.6 is 0 Å². The molecule has 5 heteroatoms. The number of phenolic OH excluding ortho intramolecular Hbond substituents is 1. The number of fused-ring (bicyclic) bond motifs is 1. The lowest BCUT2D eigenvalue weighted by molar-refractivity contribution is 0.193. The number of phenols is 1. The van der Waals surface area contributed by atoms with Gasteiger partial charge in [-0.3, -0.25) is 0 Å². The Bertz CT molecular complexity index is 670. The molecule has 0 amide bonds. The van der Waals surface area contributed by atoms with Crippen LogP contribution in [-0.4, -0.2) is 17.3 Å². The molecule has 1 aromatic heterocycles.